The predicted molar refractivity (Wildman–Crippen MR) is 76.4 cm³/mol. The van der Waals surface area contributed by atoms with Gasteiger partial charge in [0.15, 0.2) is 0 Å². The van der Waals surface area contributed by atoms with Crippen molar-refractivity contribution in [2.24, 2.45) is 0 Å². The average molecular weight is 278 g/mol. The predicted octanol–water partition coefficient (Wildman–Crippen LogP) is 1.00. The molecule has 2 unspecified atom stereocenters. The van der Waals surface area contributed by atoms with Gasteiger partial charge in [-0.05, 0) is 18.9 Å². The van der Waals surface area contributed by atoms with E-state index in [9.17, 15) is 14.7 Å². The van der Waals surface area contributed by atoms with Gasteiger partial charge in [0.2, 0.25) is 5.91 Å². The summed E-state index contributed by atoms with van der Waals surface area (Å²) in [4.78, 5) is 25.4. The smallest absolute Gasteiger partial charge is 0.250 e. The van der Waals surface area contributed by atoms with Gasteiger partial charge in [0.1, 0.15) is 0 Å². The first-order valence-corrected chi connectivity index (χ1v) is 7.19. The van der Waals surface area contributed by atoms with Crippen LogP contribution in [0.3, 0.4) is 0 Å². The second kappa shape index (κ2) is 6.70. The molecule has 5 nitrogen and oxygen atoms in total. The lowest BCUT2D eigenvalue weighted by atomic mass is 9.91. The highest BCUT2D eigenvalue weighted by Gasteiger charge is 2.28. The van der Waals surface area contributed by atoms with Crippen molar-refractivity contribution in [1.82, 2.24) is 9.47 Å². The number of likely N-dealkylation sites (N-methyl/N-ethyl adjacent to an activating group) is 1. The van der Waals surface area contributed by atoms with Gasteiger partial charge in [-0.1, -0.05) is 18.9 Å². The number of aryl methyl sites for hydroxylation is 1. The van der Waals surface area contributed by atoms with Crippen LogP contribution in [0.2, 0.25) is 0 Å². The van der Waals surface area contributed by atoms with Crippen molar-refractivity contribution in [3.05, 3.63) is 34.7 Å². The molecule has 1 aliphatic carbocycles. The number of aliphatic hydroxyl groups excluding tert-OH is 1. The Bertz CT molecular complexity index is 512. The lowest BCUT2D eigenvalue weighted by Crippen LogP contribution is -2.46. The maximum absolute atomic E-state index is 12.2. The van der Waals surface area contributed by atoms with Gasteiger partial charge in [0, 0.05) is 32.3 Å². The Balaban J connectivity index is 1.91. The lowest BCUT2D eigenvalue weighted by molar-refractivity contribution is -0.135. The van der Waals surface area contributed by atoms with Crippen LogP contribution in [0.1, 0.15) is 32.1 Å². The molecule has 1 heterocycles. The van der Waals surface area contributed by atoms with Crippen LogP contribution in [0.4, 0.5) is 0 Å². The molecule has 0 spiro atoms. The van der Waals surface area contributed by atoms with Crippen LogP contribution in [-0.2, 0) is 11.3 Å². The number of carbonyl (C=O) groups excluding carboxylic acids is 1. The minimum Gasteiger partial charge on any atom is -0.391 e. The molecule has 5 heteroatoms. The van der Waals surface area contributed by atoms with Gasteiger partial charge in [-0.2, -0.15) is 0 Å². The number of aromatic nitrogens is 1. The molecule has 1 aliphatic rings. The zero-order valence-electron chi connectivity index (χ0n) is 11.9. The summed E-state index contributed by atoms with van der Waals surface area (Å²) in [6.07, 6.45) is 5.25. The minimum absolute atomic E-state index is 0.0216. The molecule has 1 aromatic heterocycles. The number of carbonyl (C=O) groups is 1. The third-order valence-electron chi connectivity index (χ3n) is 4.05. The number of amides is 1. The summed E-state index contributed by atoms with van der Waals surface area (Å²) in [6.45, 7) is 0.381. The van der Waals surface area contributed by atoms with Crippen molar-refractivity contribution >= 4 is 5.91 Å². The first-order valence-electron chi connectivity index (χ1n) is 7.19. The van der Waals surface area contributed by atoms with Crippen LogP contribution in [0.5, 0.6) is 0 Å². The molecule has 2 rings (SSSR count). The van der Waals surface area contributed by atoms with E-state index in [2.05, 4.69) is 0 Å². The van der Waals surface area contributed by atoms with Crippen LogP contribution in [-0.4, -0.2) is 39.7 Å². The Kier molecular flexibility index (Phi) is 4.95. The summed E-state index contributed by atoms with van der Waals surface area (Å²) in [5, 5.41) is 9.97. The van der Waals surface area contributed by atoms with Gasteiger partial charge >= 0.3 is 0 Å². The van der Waals surface area contributed by atoms with Gasteiger partial charge in [0.25, 0.3) is 5.56 Å². The summed E-state index contributed by atoms with van der Waals surface area (Å²) < 4.78 is 1.53. The Morgan fingerprint density at radius 2 is 2.15 bits per heavy atom. The van der Waals surface area contributed by atoms with Gasteiger partial charge in [-0.15, -0.1) is 0 Å². The molecule has 0 aliphatic heterocycles. The van der Waals surface area contributed by atoms with Gasteiger partial charge in [-0.3, -0.25) is 9.59 Å². The molecule has 1 fully saturated rings. The Labute approximate surface area is 118 Å². The second-order valence-corrected chi connectivity index (χ2v) is 5.41. The molecule has 110 valence electrons. The molecule has 1 amide bonds. The van der Waals surface area contributed by atoms with E-state index in [0.717, 1.165) is 25.7 Å². The molecule has 0 radical (unpaired) electrons. The summed E-state index contributed by atoms with van der Waals surface area (Å²) in [5.74, 6) is -0.0216. The van der Waals surface area contributed by atoms with E-state index in [1.54, 1.807) is 30.3 Å². The highest BCUT2D eigenvalue weighted by molar-refractivity contribution is 5.76. The van der Waals surface area contributed by atoms with E-state index >= 15 is 0 Å². The first kappa shape index (κ1) is 14.8. The molecular formula is C15H22N2O3. The average Bonchev–Trinajstić information content (AvgIpc) is 2.46. The maximum Gasteiger partial charge on any atom is 0.250 e. The lowest BCUT2D eigenvalue weighted by Gasteiger charge is -2.35. The third-order valence-corrected chi connectivity index (χ3v) is 4.05. The number of nitrogens with zero attached hydrogens (tertiary/aromatic N) is 2. The fraction of sp³-hybridized carbons (Fsp3) is 0.600. The van der Waals surface area contributed by atoms with Crippen molar-refractivity contribution in [2.75, 3.05) is 7.05 Å². The van der Waals surface area contributed by atoms with Crippen LogP contribution < -0.4 is 5.56 Å². The quantitative estimate of drug-likeness (QED) is 0.893. The summed E-state index contributed by atoms with van der Waals surface area (Å²) in [7, 11) is 1.75. The molecule has 2 atom stereocenters. The highest BCUT2D eigenvalue weighted by atomic mass is 16.3. The molecule has 0 bridgehead atoms. The van der Waals surface area contributed by atoms with Crippen LogP contribution in [0.25, 0.3) is 0 Å². The normalized spacial score (nSPS) is 22.5. The Hall–Kier alpha value is -1.62. The van der Waals surface area contributed by atoms with Crippen LogP contribution in [0.15, 0.2) is 29.2 Å². The summed E-state index contributed by atoms with van der Waals surface area (Å²) in [5.41, 5.74) is -0.0966. The Morgan fingerprint density at radius 1 is 1.40 bits per heavy atom. The van der Waals surface area contributed by atoms with Crippen molar-refractivity contribution in [2.45, 2.75) is 50.8 Å². The van der Waals surface area contributed by atoms with Gasteiger partial charge in [0.05, 0.1) is 12.1 Å². The van der Waals surface area contributed by atoms with E-state index in [0.29, 0.717) is 6.54 Å². The summed E-state index contributed by atoms with van der Waals surface area (Å²) >= 11 is 0. The summed E-state index contributed by atoms with van der Waals surface area (Å²) in [6, 6.07) is 4.87. The van der Waals surface area contributed by atoms with Crippen molar-refractivity contribution in [3.63, 3.8) is 0 Å². The topological polar surface area (TPSA) is 62.5 Å². The van der Waals surface area contributed by atoms with Crippen molar-refractivity contribution in [3.8, 4) is 0 Å². The van der Waals surface area contributed by atoms with E-state index < -0.39 is 6.10 Å². The van der Waals surface area contributed by atoms with E-state index in [4.69, 9.17) is 0 Å². The van der Waals surface area contributed by atoms with E-state index in [1.807, 2.05) is 0 Å². The second-order valence-electron chi connectivity index (χ2n) is 5.41. The zero-order chi connectivity index (χ0) is 14.5. The molecule has 0 saturated heterocycles. The van der Waals surface area contributed by atoms with Gasteiger partial charge < -0.3 is 14.6 Å². The SMILES string of the molecule is CN(C(=O)CCn1ccccc1=O)C1CCCCC1O. The number of pyridine rings is 1. The number of hydrogen-bond donors (Lipinski definition) is 1. The molecule has 0 aromatic carbocycles. The maximum atomic E-state index is 12.2. The molecule has 1 saturated carbocycles. The fourth-order valence-corrected chi connectivity index (χ4v) is 2.77. The minimum atomic E-state index is -0.419. The number of rotatable bonds is 4. The van der Waals surface area contributed by atoms with Gasteiger partial charge in [-0.25, -0.2) is 0 Å². The van der Waals surface area contributed by atoms with Crippen LogP contribution in [0, 0.1) is 0 Å². The standard InChI is InChI=1S/C15H22N2O3/c1-16(12-6-2-3-7-13(12)18)14(19)9-11-17-10-5-4-8-15(17)20/h4-5,8,10,12-13,18H,2-3,6-7,9,11H2,1H3. The van der Waals surface area contributed by atoms with E-state index in [1.165, 1.54) is 10.6 Å². The molecular weight excluding hydrogens is 256 g/mol. The number of hydrogen-bond acceptors (Lipinski definition) is 3. The van der Waals surface area contributed by atoms with Crippen molar-refractivity contribution < 1.29 is 9.90 Å². The Morgan fingerprint density at radius 3 is 2.85 bits per heavy atom. The van der Waals surface area contributed by atoms with E-state index in [-0.39, 0.29) is 23.9 Å². The van der Waals surface area contributed by atoms with Crippen molar-refractivity contribution in [1.29, 1.82) is 0 Å². The highest BCUT2D eigenvalue weighted by Crippen LogP contribution is 2.22. The molecule has 1 aromatic rings. The zero-order valence-corrected chi connectivity index (χ0v) is 11.9. The first-order chi connectivity index (χ1) is 9.59. The fourth-order valence-electron chi connectivity index (χ4n) is 2.77. The third kappa shape index (κ3) is 3.48. The molecule has 1 N–H and O–H groups in total. The van der Waals surface area contributed by atoms with Crippen LogP contribution >= 0.6 is 0 Å². The largest absolute Gasteiger partial charge is 0.391 e. The monoisotopic (exact) mass is 278 g/mol. The number of aliphatic hydroxyl groups is 1. The molecule has 20 heavy (non-hydrogen) atoms.